The Labute approximate surface area is 124 Å². The van der Waals surface area contributed by atoms with Crippen LogP contribution < -0.4 is 5.73 Å². The first-order chi connectivity index (χ1) is 9.65. The highest BCUT2D eigenvalue weighted by Gasteiger charge is 2.31. The summed E-state index contributed by atoms with van der Waals surface area (Å²) in [7, 11) is 0. The van der Waals surface area contributed by atoms with E-state index >= 15 is 0 Å². The lowest BCUT2D eigenvalue weighted by atomic mass is 10.2. The summed E-state index contributed by atoms with van der Waals surface area (Å²) in [6, 6.07) is 5.39. The number of nitrogen functional groups attached to an aromatic ring is 1. The van der Waals surface area contributed by atoms with Crippen molar-refractivity contribution in [2.75, 3.05) is 5.73 Å². The number of halogens is 2. The number of hydrogen-bond acceptors (Lipinski definition) is 3. The van der Waals surface area contributed by atoms with Crippen LogP contribution >= 0.6 is 23.2 Å². The molecule has 2 heterocycles. The fourth-order valence-corrected chi connectivity index (χ4v) is 2.69. The molecule has 1 aliphatic rings. The Hall–Kier alpha value is -1.72. The number of H-pyrrole nitrogens is 1. The first-order valence-corrected chi connectivity index (χ1v) is 7.08. The van der Waals surface area contributed by atoms with Gasteiger partial charge in [0, 0.05) is 5.92 Å². The lowest BCUT2D eigenvalue weighted by Gasteiger charge is -2.03. The van der Waals surface area contributed by atoms with Crippen molar-refractivity contribution in [2.45, 2.75) is 18.8 Å². The van der Waals surface area contributed by atoms with Gasteiger partial charge in [0.2, 0.25) is 0 Å². The highest BCUT2D eigenvalue weighted by Crippen LogP contribution is 2.44. The smallest absolute Gasteiger partial charge is 0.186 e. The maximum atomic E-state index is 6.08. The average molecular weight is 308 g/mol. The monoisotopic (exact) mass is 307 g/mol. The van der Waals surface area contributed by atoms with Crippen molar-refractivity contribution in [1.82, 2.24) is 20.0 Å². The number of aromatic amines is 1. The van der Waals surface area contributed by atoms with Crippen LogP contribution in [0.2, 0.25) is 10.0 Å². The molecule has 20 heavy (non-hydrogen) atoms. The van der Waals surface area contributed by atoms with E-state index in [0.29, 0.717) is 21.8 Å². The number of rotatable bonds is 2. The highest BCUT2D eigenvalue weighted by atomic mass is 35.5. The van der Waals surface area contributed by atoms with Crippen LogP contribution in [0.1, 0.15) is 24.5 Å². The van der Waals surface area contributed by atoms with E-state index in [2.05, 4.69) is 15.3 Å². The van der Waals surface area contributed by atoms with Gasteiger partial charge in [-0.3, -0.25) is 5.10 Å². The molecule has 1 saturated carbocycles. The van der Waals surface area contributed by atoms with Crippen molar-refractivity contribution >= 4 is 40.1 Å². The van der Waals surface area contributed by atoms with Crippen LogP contribution in [0.25, 0.3) is 16.7 Å². The van der Waals surface area contributed by atoms with E-state index in [9.17, 15) is 0 Å². The summed E-state index contributed by atoms with van der Waals surface area (Å²) in [6.07, 6.45) is 2.30. The summed E-state index contributed by atoms with van der Waals surface area (Å²) in [5.74, 6) is 1.05. The molecule has 7 heteroatoms. The summed E-state index contributed by atoms with van der Waals surface area (Å²) in [6.45, 7) is 0. The lowest BCUT2D eigenvalue weighted by Crippen LogP contribution is -1.98. The minimum absolute atomic E-state index is 0.487. The normalized spacial score (nSPS) is 15.1. The van der Waals surface area contributed by atoms with Gasteiger partial charge in [-0.15, -0.1) is 0 Å². The second kappa shape index (κ2) is 4.14. The van der Waals surface area contributed by atoms with Gasteiger partial charge in [-0.05, 0) is 31.0 Å². The lowest BCUT2D eigenvalue weighted by molar-refractivity contribution is 0.840. The Morgan fingerprint density at radius 3 is 2.75 bits per heavy atom. The molecule has 102 valence electrons. The van der Waals surface area contributed by atoms with Crippen LogP contribution in [0.3, 0.4) is 0 Å². The topological polar surface area (TPSA) is 72.5 Å². The molecule has 1 fully saturated rings. The van der Waals surface area contributed by atoms with Crippen molar-refractivity contribution in [2.24, 2.45) is 0 Å². The summed E-state index contributed by atoms with van der Waals surface area (Å²) < 4.78 is 1.76. The predicted molar refractivity (Wildman–Crippen MR) is 79.6 cm³/mol. The van der Waals surface area contributed by atoms with Gasteiger partial charge in [0.1, 0.15) is 5.82 Å². The number of nitrogens with one attached hydrogen (secondary N) is 1. The van der Waals surface area contributed by atoms with Gasteiger partial charge in [0.15, 0.2) is 5.65 Å². The highest BCUT2D eigenvalue weighted by molar-refractivity contribution is 6.42. The van der Waals surface area contributed by atoms with E-state index in [4.69, 9.17) is 28.9 Å². The van der Waals surface area contributed by atoms with E-state index in [1.165, 1.54) is 0 Å². The van der Waals surface area contributed by atoms with Crippen LogP contribution in [0.5, 0.6) is 0 Å². The summed E-state index contributed by atoms with van der Waals surface area (Å²) >= 11 is 12.0. The van der Waals surface area contributed by atoms with Gasteiger partial charge >= 0.3 is 0 Å². The predicted octanol–water partition coefficient (Wildman–Crippen LogP) is 3.52. The second-order valence-electron chi connectivity index (χ2n) is 5.01. The number of nitrogens with two attached hydrogens (primary N) is 1. The SMILES string of the molecule is Nc1[nH]nc2c1c(C1CC1)nn2-c1ccc(Cl)c(Cl)c1. The van der Waals surface area contributed by atoms with Crippen LogP contribution in [-0.2, 0) is 0 Å². The fourth-order valence-electron chi connectivity index (χ4n) is 2.40. The zero-order valence-corrected chi connectivity index (χ0v) is 11.9. The van der Waals surface area contributed by atoms with Crippen LogP contribution in [0.4, 0.5) is 5.82 Å². The third kappa shape index (κ3) is 1.70. The van der Waals surface area contributed by atoms with Crippen molar-refractivity contribution in [3.63, 3.8) is 0 Å². The molecular weight excluding hydrogens is 297 g/mol. The summed E-state index contributed by atoms with van der Waals surface area (Å²) in [4.78, 5) is 0. The van der Waals surface area contributed by atoms with Crippen molar-refractivity contribution in [1.29, 1.82) is 0 Å². The van der Waals surface area contributed by atoms with Crippen molar-refractivity contribution in [3.05, 3.63) is 33.9 Å². The second-order valence-corrected chi connectivity index (χ2v) is 5.82. The van der Waals surface area contributed by atoms with Crippen LogP contribution in [-0.4, -0.2) is 20.0 Å². The third-order valence-corrected chi connectivity index (χ3v) is 4.29. The molecule has 0 unspecified atom stereocenters. The zero-order valence-electron chi connectivity index (χ0n) is 10.4. The van der Waals surface area contributed by atoms with E-state index < -0.39 is 0 Å². The average Bonchev–Trinajstić information content (AvgIpc) is 3.10. The van der Waals surface area contributed by atoms with Crippen molar-refractivity contribution in [3.8, 4) is 5.69 Å². The number of aromatic nitrogens is 4. The Morgan fingerprint density at radius 1 is 1.25 bits per heavy atom. The van der Waals surface area contributed by atoms with Crippen LogP contribution in [0, 0.1) is 0 Å². The number of anilines is 1. The van der Waals surface area contributed by atoms with Gasteiger partial charge < -0.3 is 5.73 Å². The molecule has 0 amide bonds. The molecular formula is C13H11Cl2N5. The standard InChI is InChI=1S/C13H11Cl2N5/c14-8-4-3-7(5-9(8)15)20-13-10(12(16)17-18-13)11(19-20)6-1-2-6/h3-6H,1-2H2,(H3,16,17,18). The molecule has 0 aliphatic heterocycles. The third-order valence-electron chi connectivity index (χ3n) is 3.55. The number of benzene rings is 1. The zero-order chi connectivity index (χ0) is 13.9. The molecule has 0 spiro atoms. The van der Waals surface area contributed by atoms with Gasteiger partial charge in [0.25, 0.3) is 0 Å². The Bertz CT molecular complexity index is 816. The Kier molecular flexibility index (Phi) is 2.49. The fraction of sp³-hybridized carbons (Fsp3) is 0.231. The maximum absolute atomic E-state index is 6.08. The summed E-state index contributed by atoms with van der Waals surface area (Å²) in [5, 5.41) is 13.7. The largest absolute Gasteiger partial charge is 0.383 e. The molecule has 3 N–H and O–H groups in total. The molecule has 2 aromatic heterocycles. The number of nitrogens with zero attached hydrogens (tertiary/aromatic N) is 3. The van der Waals surface area contributed by atoms with E-state index in [0.717, 1.165) is 35.3 Å². The van der Waals surface area contributed by atoms with Gasteiger partial charge in [-0.1, -0.05) is 23.2 Å². The minimum atomic E-state index is 0.487. The van der Waals surface area contributed by atoms with Gasteiger partial charge in [-0.25, -0.2) is 4.68 Å². The molecule has 0 atom stereocenters. The Balaban J connectivity index is 1.97. The molecule has 0 bridgehead atoms. The summed E-state index contributed by atoms with van der Waals surface area (Å²) in [5.41, 5.74) is 8.53. The van der Waals surface area contributed by atoms with E-state index in [1.807, 2.05) is 6.07 Å². The van der Waals surface area contributed by atoms with Crippen LogP contribution in [0.15, 0.2) is 18.2 Å². The first-order valence-electron chi connectivity index (χ1n) is 6.33. The Morgan fingerprint density at radius 2 is 2.05 bits per heavy atom. The maximum Gasteiger partial charge on any atom is 0.186 e. The van der Waals surface area contributed by atoms with Crippen molar-refractivity contribution < 1.29 is 0 Å². The number of fused-ring (bicyclic) bond motifs is 1. The molecule has 0 radical (unpaired) electrons. The molecule has 4 rings (SSSR count). The molecule has 1 aromatic carbocycles. The quantitative estimate of drug-likeness (QED) is 0.761. The van der Waals surface area contributed by atoms with E-state index in [1.54, 1.807) is 16.8 Å². The molecule has 0 saturated heterocycles. The number of hydrogen-bond donors (Lipinski definition) is 2. The van der Waals surface area contributed by atoms with E-state index in [-0.39, 0.29) is 0 Å². The minimum Gasteiger partial charge on any atom is -0.383 e. The first kappa shape index (κ1) is 12.1. The molecule has 5 nitrogen and oxygen atoms in total. The van der Waals surface area contributed by atoms with Gasteiger partial charge in [-0.2, -0.15) is 10.2 Å². The molecule has 3 aromatic rings. The molecule has 1 aliphatic carbocycles. The van der Waals surface area contributed by atoms with Gasteiger partial charge in [0.05, 0.1) is 26.8 Å².